The summed E-state index contributed by atoms with van der Waals surface area (Å²) in [6, 6.07) is 5.54. The van der Waals surface area contributed by atoms with Gasteiger partial charge in [0.1, 0.15) is 10.6 Å². The predicted octanol–water partition coefficient (Wildman–Crippen LogP) is 2.88. The van der Waals surface area contributed by atoms with Gasteiger partial charge in [-0.05, 0) is 61.4 Å². The lowest BCUT2D eigenvalue weighted by Crippen LogP contribution is -2.12. The summed E-state index contributed by atoms with van der Waals surface area (Å²) in [5, 5.41) is 4.04. The second kappa shape index (κ2) is 5.83. The molecule has 0 spiro atoms. The van der Waals surface area contributed by atoms with Crippen LogP contribution >= 0.6 is 11.6 Å². The molecule has 0 aliphatic heterocycles. The largest absolute Gasteiger partial charge is 0.358 e. The zero-order valence-corrected chi connectivity index (χ0v) is 12.9. The lowest BCUT2D eigenvalue weighted by atomic mass is 9.99. The van der Waals surface area contributed by atoms with E-state index in [0.29, 0.717) is 21.9 Å². The van der Waals surface area contributed by atoms with Gasteiger partial charge < -0.3 is 0 Å². The van der Waals surface area contributed by atoms with E-state index in [1.165, 1.54) is 36.4 Å². The predicted molar refractivity (Wildman–Crippen MR) is 79.7 cm³/mol. The Balaban J connectivity index is 2.26. The highest BCUT2D eigenvalue weighted by molar-refractivity contribution is 7.86. The van der Waals surface area contributed by atoms with E-state index in [9.17, 15) is 13.2 Å². The van der Waals surface area contributed by atoms with E-state index in [2.05, 4.69) is 9.44 Å². The molecule has 21 heavy (non-hydrogen) atoms. The van der Waals surface area contributed by atoms with Gasteiger partial charge in [-0.3, -0.25) is 9.08 Å². The molecule has 1 aliphatic rings. The molecule has 0 amide bonds. The van der Waals surface area contributed by atoms with Crippen LogP contribution in [0.5, 0.6) is 0 Å². The van der Waals surface area contributed by atoms with Gasteiger partial charge in [0.15, 0.2) is 5.78 Å². The number of hydrogen-bond acceptors (Lipinski definition) is 5. The van der Waals surface area contributed by atoms with E-state index in [4.69, 9.17) is 11.6 Å². The number of ketones is 1. The molecule has 5 nitrogen and oxygen atoms in total. The lowest BCUT2D eigenvalue weighted by Gasteiger charge is -2.09. The lowest BCUT2D eigenvalue weighted by molar-refractivity contribution is -0.111. The summed E-state index contributed by atoms with van der Waals surface area (Å²) in [5.41, 5.74) is 1.30. The fourth-order valence-electron chi connectivity index (χ4n) is 1.61. The monoisotopic (exact) mass is 325 g/mol. The number of carbonyl (C=O) groups excluding carboxylic acids is 1. The van der Waals surface area contributed by atoms with Crippen LogP contribution in [0.15, 0.2) is 57.6 Å². The molecular weight excluding hydrogens is 314 g/mol. The molecule has 0 aromatic heterocycles. The molecule has 7 heteroatoms. The Labute approximate surface area is 127 Å². The van der Waals surface area contributed by atoms with Crippen LogP contribution < -0.4 is 0 Å². The van der Waals surface area contributed by atoms with Crippen molar-refractivity contribution in [3.63, 3.8) is 0 Å². The van der Waals surface area contributed by atoms with E-state index in [1.807, 2.05) is 0 Å². The molecule has 0 bridgehead atoms. The molecule has 1 aromatic carbocycles. The minimum atomic E-state index is -4.02. The van der Waals surface area contributed by atoms with E-state index in [1.54, 1.807) is 13.8 Å². The van der Waals surface area contributed by atoms with Crippen molar-refractivity contribution in [3.8, 4) is 0 Å². The van der Waals surface area contributed by atoms with Crippen LogP contribution in [-0.2, 0) is 19.2 Å². The van der Waals surface area contributed by atoms with Gasteiger partial charge >= 0.3 is 10.1 Å². The summed E-state index contributed by atoms with van der Waals surface area (Å²) in [5.74, 6) is -0.132. The molecule has 0 unspecified atom stereocenters. The summed E-state index contributed by atoms with van der Waals surface area (Å²) >= 11 is 5.70. The van der Waals surface area contributed by atoms with Crippen LogP contribution in [0.1, 0.15) is 13.8 Å². The molecule has 0 saturated carbocycles. The van der Waals surface area contributed by atoms with Crippen LogP contribution in [0, 0.1) is 0 Å². The molecule has 0 atom stereocenters. The fourth-order valence-corrected chi connectivity index (χ4v) is 2.47. The summed E-state index contributed by atoms with van der Waals surface area (Å²) in [6.07, 6.45) is 2.86. The standard InChI is InChI=1S/C14H12ClNO4S/c1-9-8-14(17)10(2)7-13(9)16-20-21(18,19)12-5-3-11(15)4-6-12/h3-8H,1-2H3/b16-13+. The van der Waals surface area contributed by atoms with E-state index >= 15 is 0 Å². The van der Waals surface area contributed by atoms with Gasteiger partial charge in [0.2, 0.25) is 0 Å². The highest BCUT2D eigenvalue weighted by Crippen LogP contribution is 2.18. The maximum atomic E-state index is 12.0. The maximum Gasteiger partial charge on any atom is 0.358 e. The van der Waals surface area contributed by atoms with E-state index in [-0.39, 0.29) is 10.7 Å². The second-order valence-electron chi connectivity index (χ2n) is 4.48. The minimum absolute atomic E-state index is 0.0505. The zero-order valence-electron chi connectivity index (χ0n) is 11.3. The molecule has 0 fully saturated rings. The third-order valence-electron chi connectivity index (χ3n) is 2.83. The van der Waals surface area contributed by atoms with Crippen molar-refractivity contribution in [2.45, 2.75) is 18.7 Å². The topological polar surface area (TPSA) is 72.8 Å². The highest BCUT2D eigenvalue weighted by Gasteiger charge is 2.18. The number of nitrogens with zero attached hydrogens (tertiary/aromatic N) is 1. The van der Waals surface area contributed by atoms with Crippen molar-refractivity contribution < 1.29 is 17.5 Å². The molecular formula is C14H12ClNO4S. The van der Waals surface area contributed by atoms with Crippen LogP contribution in [0.4, 0.5) is 0 Å². The number of halogens is 1. The summed E-state index contributed by atoms with van der Waals surface area (Å²) in [6.45, 7) is 3.27. The third kappa shape index (κ3) is 3.59. The molecule has 0 N–H and O–H groups in total. The summed E-state index contributed by atoms with van der Waals surface area (Å²) in [4.78, 5) is 11.4. The normalized spacial score (nSPS) is 17.5. The number of rotatable bonds is 3. The van der Waals surface area contributed by atoms with Crippen LogP contribution in [0.2, 0.25) is 5.02 Å². The highest BCUT2D eigenvalue weighted by atomic mass is 35.5. The first kappa shape index (κ1) is 15.5. The van der Waals surface area contributed by atoms with Crippen LogP contribution in [-0.4, -0.2) is 19.9 Å². The number of benzene rings is 1. The Kier molecular flexibility index (Phi) is 4.29. The maximum absolute atomic E-state index is 12.0. The van der Waals surface area contributed by atoms with Gasteiger partial charge in [0.25, 0.3) is 0 Å². The molecule has 0 saturated heterocycles. The van der Waals surface area contributed by atoms with Gasteiger partial charge in [0.05, 0.1) is 0 Å². The molecule has 0 heterocycles. The van der Waals surface area contributed by atoms with Crippen molar-refractivity contribution in [2.75, 3.05) is 0 Å². The molecule has 1 aliphatic carbocycles. The van der Waals surface area contributed by atoms with Gasteiger partial charge in [-0.1, -0.05) is 16.8 Å². The van der Waals surface area contributed by atoms with Crippen molar-refractivity contribution >= 4 is 33.2 Å². The molecule has 2 rings (SSSR count). The van der Waals surface area contributed by atoms with Crippen molar-refractivity contribution in [3.05, 3.63) is 52.6 Å². The number of carbonyl (C=O) groups is 1. The number of oxime groups is 1. The van der Waals surface area contributed by atoms with Crippen LogP contribution in [0.3, 0.4) is 0 Å². The number of hydrogen-bond donors (Lipinski definition) is 0. The first-order valence-corrected chi connectivity index (χ1v) is 7.77. The quantitative estimate of drug-likeness (QED) is 0.632. The van der Waals surface area contributed by atoms with E-state index in [0.717, 1.165) is 0 Å². The Morgan fingerprint density at radius 1 is 1.05 bits per heavy atom. The Morgan fingerprint density at radius 2 is 1.67 bits per heavy atom. The smallest absolute Gasteiger partial charge is 0.290 e. The fraction of sp³-hybridized carbons (Fsp3) is 0.143. The average molecular weight is 326 g/mol. The third-order valence-corrected chi connectivity index (χ3v) is 4.20. The molecule has 110 valence electrons. The minimum Gasteiger partial charge on any atom is -0.290 e. The first-order chi connectivity index (χ1) is 9.79. The first-order valence-electron chi connectivity index (χ1n) is 5.98. The van der Waals surface area contributed by atoms with Crippen molar-refractivity contribution in [1.82, 2.24) is 0 Å². The number of allylic oxidation sites excluding steroid dienone is 4. The van der Waals surface area contributed by atoms with E-state index < -0.39 is 10.1 Å². The molecule has 1 aromatic rings. The Hall–Kier alpha value is -1.92. The van der Waals surface area contributed by atoms with Gasteiger partial charge in [0, 0.05) is 5.02 Å². The molecule has 0 radical (unpaired) electrons. The van der Waals surface area contributed by atoms with Gasteiger partial charge in [-0.2, -0.15) is 8.42 Å². The SMILES string of the molecule is CC1=C/C(=N\OS(=O)(=O)c2ccc(Cl)cc2)C(C)=CC1=O. The Morgan fingerprint density at radius 3 is 2.29 bits per heavy atom. The Bertz CT molecular complexity index is 774. The van der Waals surface area contributed by atoms with Crippen LogP contribution in [0.25, 0.3) is 0 Å². The second-order valence-corrected chi connectivity index (χ2v) is 6.44. The van der Waals surface area contributed by atoms with Gasteiger partial charge in [-0.25, -0.2) is 0 Å². The average Bonchev–Trinajstić information content (AvgIpc) is 2.42. The van der Waals surface area contributed by atoms with Crippen molar-refractivity contribution in [1.29, 1.82) is 0 Å². The summed E-state index contributed by atoms with van der Waals surface area (Å²) in [7, 11) is -4.02. The summed E-state index contributed by atoms with van der Waals surface area (Å²) < 4.78 is 28.6. The zero-order chi connectivity index (χ0) is 15.6. The van der Waals surface area contributed by atoms with Crippen molar-refractivity contribution in [2.24, 2.45) is 5.16 Å². The van der Waals surface area contributed by atoms with Gasteiger partial charge in [-0.15, -0.1) is 0 Å².